The summed E-state index contributed by atoms with van der Waals surface area (Å²) in [7, 11) is 0. The van der Waals surface area contributed by atoms with Gasteiger partial charge in [0.05, 0.1) is 6.07 Å². The second-order valence-electron chi connectivity index (χ2n) is 4.96. The standard InChI is InChI=1S/C16H15N3O7/c1-2-17-15(21)10-4-3-5-11(8-10)18-13(20)9-25-16(22)12-6-7-14(26-12)19(23)24/h3-8H,2,9H2,1H3,(H,17,21)(H,18,20). The van der Waals surface area contributed by atoms with Gasteiger partial charge in [-0.1, -0.05) is 6.07 Å². The van der Waals surface area contributed by atoms with Gasteiger partial charge in [-0.25, -0.2) is 4.79 Å². The van der Waals surface area contributed by atoms with Gasteiger partial charge in [-0.3, -0.25) is 19.7 Å². The van der Waals surface area contributed by atoms with Crippen molar-refractivity contribution in [3.63, 3.8) is 0 Å². The maximum Gasteiger partial charge on any atom is 0.433 e. The summed E-state index contributed by atoms with van der Waals surface area (Å²) < 4.78 is 9.40. The van der Waals surface area contributed by atoms with E-state index in [0.29, 0.717) is 17.8 Å². The van der Waals surface area contributed by atoms with Crippen LogP contribution in [0.25, 0.3) is 0 Å². The minimum absolute atomic E-state index is 0.283. The molecular formula is C16H15N3O7. The summed E-state index contributed by atoms with van der Waals surface area (Å²) >= 11 is 0. The van der Waals surface area contributed by atoms with Crippen LogP contribution >= 0.6 is 0 Å². The fourth-order valence-corrected chi connectivity index (χ4v) is 1.94. The summed E-state index contributed by atoms with van der Waals surface area (Å²) in [6.07, 6.45) is 0. The van der Waals surface area contributed by atoms with Gasteiger partial charge in [-0.15, -0.1) is 0 Å². The largest absolute Gasteiger partial charge is 0.450 e. The second-order valence-corrected chi connectivity index (χ2v) is 4.96. The Hall–Kier alpha value is -3.69. The Morgan fingerprint density at radius 1 is 1.23 bits per heavy atom. The molecule has 0 fully saturated rings. The van der Waals surface area contributed by atoms with Crippen molar-refractivity contribution in [2.75, 3.05) is 18.5 Å². The molecule has 2 rings (SSSR count). The van der Waals surface area contributed by atoms with E-state index in [1.54, 1.807) is 25.1 Å². The predicted molar refractivity (Wildman–Crippen MR) is 88.7 cm³/mol. The summed E-state index contributed by atoms with van der Waals surface area (Å²) in [5.41, 5.74) is 0.716. The normalized spacial score (nSPS) is 10.0. The maximum absolute atomic E-state index is 11.8. The molecule has 0 bridgehead atoms. The molecule has 0 saturated heterocycles. The summed E-state index contributed by atoms with van der Waals surface area (Å²) in [6, 6.07) is 8.30. The number of ether oxygens (including phenoxy) is 1. The van der Waals surface area contributed by atoms with Crippen LogP contribution in [0.1, 0.15) is 27.8 Å². The van der Waals surface area contributed by atoms with Crippen LogP contribution in [0, 0.1) is 10.1 Å². The first-order valence-electron chi connectivity index (χ1n) is 7.50. The first kappa shape index (κ1) is 18.6. The molecule has 0 spiro atoms. The lowest BCUT2D eigenvalue weighted by atomic mass is 10.2. The Balaban J connectivity index is 1.90. The SMILES string of the molecule is CCNC(=O)c1cccc(NC(=O)COC(=O)c2ccc([N+](=O)[O-])o2)c1. The van der Waals surface area contributed by atoms with Crippen LogP contribution in [0.3, 0.4) is 0 Å². The number of hydrogen-bond acceptors (Lipinski definition) is 7. The van der Waals surface area contributed by atoms with E-state index < -0.39 is 29.3 Å². The van der Waals surface area contributed by atoms with Gasteiger partial charge in [0.25, 0.3) is 11.8 Å². The van der Waals surface area contributed by atoms with Gasteiger partial charge in [0, 0.05) is 17.8 Å². The van der Waals surface area contributed by atoms with E-state index in [1.807, 2.05) is 0 Å². The molecule has 1 heterocycles. The van der Waals surface area contributed by atoms with E-state index >= 15 is 0 Å². The van der Waals surface area contributed by atoms with E-state index in [0.717, 1.165) is 12.1 Å². The molecule has 10 nitrogen and oxygen atoms in total. The van der Waals surface area contributed by atoms with Crippen LogP contribution in [0.2, 0.25) is 0 Å². The molecule has 1 aromatic carbocycles. The van der Waals surface area contributed by atoms with E-state index in [2.05, 4.69) is 15.1 Å². The molecule has 26 heavy (non-hydrogen) atoms. The Morgan fingerprint density at radius 2 is 2.00 bits per heavy atom. The molecule has 0 saturated carbocycles. The first-order chi connectivity index (χ1) is 12.4. The lowest BCUT2D eigenvalue weighted by Crippen LogP contribution is -2.23. The minimum atomic E-state index is -1.01. The third-order valence-corrected chi connectivity index (χ3v) is 3.05. The Morgan fingerprint density at radius 3 is 2.65 bits per heavy atom. The smallest absolute Gasteiger partial charge is 0.433 e. The highest BCUT2D eigenvalue weighted by Crippen LogP contribution is 2.16. The molecule has 1 aromatic heterocycles. The van der Waals surface area contributed by atoms with Crippen LogP contribution in [0.5, 0.6) is 0 Å². The maximum atomic E-state index is 11.8. The number of carbonyl (C=O) groups is 3. The summed E-state index contributed by atoms with van der Waals surface area (Å²) in [5, 5.41) is 15.6. The lowest BCUT2D eigenvalue weighted by molar-refractivity contribution is -0.402. The number of rotatable bonds is 7. The molecule has 2 amide bonds. The van der Waals surface area contributed by atoms with E-state index in [-0.39, 0.29) is 11.7 Å². The van der Waals surface area contributed by atoms with Gasteiger partial charge < -0.3 is 19.8 Å². The van der Waals surface area contributed by atoms with E-state index in [9.17, 15) is 24.5 Å². The van der Waals surface area contributed by atoms with Gasteiger partial charge in [0.15, 0.2) is 6.61 Å². The highest BCUT2D eigenvalue weighted by molar-refractivity contribution is 5.98. The van der Waals surface area contributed by atoms with E-state index in [1.165, 1.54) is 6.07 Å². The predicted octanol–water partition coefficient (Wildman–Crippen LogP) is 1.73. The summed E-state index contributed by atoms with van der Waals surface area (Å²) in [6.45, 7) is 1.63. The molecule has 2 N–H and O–H groups in total. The number of anilines is 1. The average Bonchev–Trinajstić information content (AvgIpc) is 3.10. The summed E-state index contributed by atoms with van der Waals surface area (Å²) in [5.74, 6) is -2.93. The van der Waals surface area contributed by atoms with Crippen LogP contribution in [0.4, 0.5) is 11.6 Å². The highest BCUT2D eigenvalue weighted by Gasteiger charge is 2.19. The highest BCUT2D eigenvalue weighted by atomic mass is 16.7. The fourth-order valence-electron chi connectivity index (χ4n) is 1.94. The lowest BCUT2D eigenvalue weighted by Gasteiger charge is -2.08. The zero-order chi connectivity index (χ0) is 19.1. The van der Waals surface area contributed by atoms with Crippen molar-refractivity contribution in [3.05, 3.63) is 57.8 Å². The molecule has 0 aliphatic carbocycles. The van der Waals surface area contributed by atoms with Crippen LogP contribution in [0.15, 0.2) is 40.8 Å². The number of amides is 2. The van der Waals surface area contributed by atoms with Crippen molar-refractivity contribution in [1.29, 1.82) is 0 Å². The van der Waals surface area contributed by atoms with Gasteiger partial charge in [0.1, 0.15) is 4.92 Å². The quantitative estimate of drug-likeness (QED) is 0.434. The fraction of sp³-hybridized carbons (Fsp3) is 0.188. The molecule has 0 atom stereocenters. The average molecular weight is 361 g/mol. The number of hydrogen-bond donors (Lipinski definition) is 2. The second kappa shape index (κ2) is 8.42. The van der Waals surface area contributed by atoms with Crippen molar-refractivity contribution >= 4 is 29.4 Å². The molecule has 0 aliphatic rings. The number of nitrogens with zero attached hydrogens (tertiary/aromatic N) is 1. The van der Waals surface area contributed by atoms with Crippen LogP contribution < -0.4 is 10.6 Å². The van der Waals surface area contributed by atoms with Crippen molar-refractivity contribution in [1.82, 2.24) is 5.32 Å². The van der Waals surface area contributed by atoms with Crippen LogP contribution in [-0.4, -0.2) is 35.9 Å². The van der Waals surface area contributed by atoms with Crippen molar-refractivity contribution in [2.45, 2.75) is 6.92 Å². The summed E-state index contributed by atoms with van der Waals surface area (Å²) in [4.78, 5) is 45.0. The van der Waals surface area contributed by atoms with Gasteiger partial charge in [-0.2, -0.15) is 0 Å². The molecular weight excluding hydrogens is 346 g/mol. The third kappa shape index (κ3) is 4.90. The van der Waals surface area contributed by atoms with E-state index in [4.69, 9.17) is 4.74 Å². The topological polar surface area (TPSA) is 141 Å². The van der Waals surface area contributed by atoms with Gasteiger partial charge in [0.2, 0.25) is 5.76 Å². The zero-order valence-electron chi connectivity index (χ0n) is 13.7. The molecule has 0 aliphatic heterocycles. The van der Waals surface area contributed by atoms with Crippen molar-refractivity contribution < 1.29 is 28.5 Å². The first-order valence-corrected chi connectivity index (χ1v) is 7.50. The minimum Gasteiger partial charge on any atom is -0.450 e. The Kier molecular flexibility index (Phi) is 6.04. The number of carbonyl (C=O) groups excluding carboxylic acids is 3. The number of nitro groups is 1. The molecule has 0 unspecified atom stereocenters. The van der Waals surface area contributed by atoms with Crippen LogP contribution in [-0.2, 0) is 9.53 Å². The Bertz CT molecular complexity index is 844. The van der Waals surface area contributed by atoms with Crippen molar-refractivity contribution in [2.24, 2.45) is 0 Å². The number of nitrogens with one attached hydrogen (secondary N) is 2. The number of benzene rings is 1. The van der Waals surface area contributed by atoms with Crippen molar-refractivity contribution in [3.8, 4) is 0 Å². The molecule has 2 aromatic rings. The van der Waals surface area contributed by atoms with Gasteiger partial charge in [-0.05, 0) is 31.2 Å². The van der Waals surface area contributed by atoms with Gasteiger partial charge >= 0.3 is 11.9 Å². The molecule has 10 heteroatoms. The Labute approximate surface area is 147 Å². The number of furan rings is 1. The third-order valence-electron chi connectivity index (χ3n) is 3.05. The molecule has 136 valence electrons. The zero-order valence-corrected chi connectivity index (χ0v) is 13.7. The number of esters is 1. The molecule has 0 radical (unpaired) electrons. The monoisotopic (exact) mass is 361 g/mol.